The maximum atomic E-state index is 13.0. The second kappa shape index (κ2) is 7.87. The van der Waals surface area contributed by atoms with Crippen molar-refractivity contribution in [1.82, 2.24) is 9.96 Å². The summed E-state index contributed by atoms with van der Waals surface area (Å²) in [5, 5.41) is 12.7. The number of benzene rings is 2. The van der Waals surface area contributed by atoms with Crippen LogP contribution in [0.1, 0.15) is 32.5 Å². The first-order valence-electron chi connectivity index (χ1n) is 8.71. The van der Waals surface area contributed by atoms with E-state index in [1.807, 2.05) is 35.7 Å². The summed E-state index contributed by atoms with van der Waals surface area (Å²) in [5.74, 6) is -0.783. The molecule has 1 saturated heterocycles. The van der Waals surface area contributed by atoms with Crippen LogP contribution in [0, 0.1) is 0 Å². The topological polar surface area (TPSA) is 60.9 Å². The van der Waals surface area contributed by atoms with E-state index < -0.39 is 12.1 Å². The molecular weight excluding hydrogens is 440 g/mol. The third-order valence-corrected chi connectivity index (χ3v) is 6.38. The van der Waals surface area contributed by atoms with Gasteiger partial charge in [-0.1, -0.05) is 42.5 Å². The van der Waals surface area contributed by atoms with Crippen LogP contribution in [-0.2, 0) is 11.2 Å². The van der Waals surface area contributed by atoms with Crippen molar-refractivity contribution in [2.24, 2.45) is 0 Å². The number of hydroxylamine groups is 2. The highest BCUT2D eigenvalue weighted by atomic mass is 79.9. The fraction of sp³-hybridized carbons (Fsp3) is 0.143. The average Bonchev–Trinajstić information content (AvgIpc) is 3.26. The van der Waals surface area contributed by atoms with Gasteiger partial charge in [0.05, 0.1) is 4.88 Å². The Balaban J connectivity index is 1.55. The number of carbonyl (C=O) groups is 2. The van der Waals surface area contributed by atoms with Crippen LogP contribution in [0.2, 0.25) is 0 Å². The fourth-order valence-electron chi connectivity index (χ4n) is 3.26. The van der Waals surface area contributed by atoms with Crippen LogP contribution >= 0.6 is 27.3 Å². The molecule has 1 fully saturated rings. The van der Waals surface area contributed by atoms with Crippen LogP contribution in [0.15, 0.2) is 70.5 Å². The average molecular weight is 457 g/mol. The molecule has 3 aromatic rings. The molecule has 142 valence electrons. The van der Waals surface area contributed by atoms with Crippen molar-refractivity contribution in [3.63, 3.8) is 0 Å². The van der Waals surface area contributed by atoms with E-state index in [4.69, 9.17) is 0 Å². The highest BCUT2D eigenvalue weighted by molar-refractivity contribution is 9.10. The molecule has 5 nitrogen and oxygen atoms in total. The molecule has 1 unspecified atom stereocenters. The Bertz CT molecular complexity index is 1000. The maximum Gasteiger partial charge on any atom is 0.267 e. The summed E-state index contributed by atoms with van der Waals surface area (Å²) >= 11 is 4.75. The predicted molar refractivity (Wildman–Crippen MR) is 110 cm³/mol. The van der Waals surface area contributed by atoms with Gasteiger partial charge < -0.3 is 4.90 Å². The molecule has 4 rings (SSSR count). The van der Waals surface area contributed by atoms with Crippen LogP contribution < -0.4 is 0 Å². The number of carbonyl (C=O) groups excluding carboxylic acids is 2. The lowest BCUT2D eigenvalue weighted by molar-refractivity contribution is -0.168. The van der Waals surface area contributed by atoms with Gasteiger partial charge in [-0.05, 0) is 51.7 Å². The Kier molecular flexibility index (Phi) is 5.30. The minimum atomic E-state index is -0.805. The largest absolute Gasteiger partial charge is 0.302 e. The molecule has 1 aliphatic heterocycles. The van der Waals surface area contributed by atoms with Gasteiger partial charge in [0.2, 0.25) is 0 Å². The lowest BCUT2D eigenvalue weighted by Crippen LogP contribution is -2.33. The van der Waals surface area contributed by atoms with E-state index in [1.165, 1.54) is 21.8 Å². The van der Waals surface area contributed by atoms with Crippen molar-refractivity contribution in [2.75, 3.05) is 6.54 Å². The zero-order valence-electron chi connectivity index (χ0n) is 14.8. The normalized spacial score (nSPS) is 16.6. The molecular formula is C21H17BrN2O3S. The minimum Gasteiger partial charge on any atom is -0.302 e. The summed E-state index contributed by atoms with van der Waals surface area (Å²) in [5.41, 5.74) is 2.79. The molecule has 1 N–H and O–H groups in total. The Morgan fingerprint density at radius 1 is 1.11 bits per heavy atom. The number of thiophene rings is 1. The van der Waals surface area contributed by atoms with E-state index in [9.17, 15) is 14.8 Å². The van der Waals surface area contributed by atoms with Crippen molar-refractivity contribution < 1.29 is 14.8 Å². The molecule has 1 aromatic heterocycles. The number of hydrogen-bond donors (Lipinski definition) is 1. The summed E-state index contributed by atoms with van der Waals surface area (Å²) in [7, 11) is 0. The van der Waals surface area contributed by atoms with Gasteiger partial charge in [0, 0.05) is 15.4 Å². The maximum absolute atomic E-state index is 13.0. The molecule has 0 aliphatic carbocycles. The molecule has 0 bridgehead atoms. The number of rotatable bonds is 4. The van der Waals surface area contributed by atoms with Gasteiger partial charge in [-0.15, -0.1) is 11.3 Å². The number of amides is 2. The van der Waals surface area contributed by atoms with E-state index >= 15 is 0 Å². The standard InChI is InChI=1S/C21H17BrN2O3S/c22-17-11-18(28-13-17)20-23(12-19(25)24(20)27)21(26)16-8-6-15(7-9-16)10-14-4-2-1-3-5-14/h1-9,11,13,20,27H,10,12H2. The molecule has 2 amide bonds. The lowest BCUT2D eigenvalue weighted by Gasteiger charge is -2.25. The third kappa shape index (κ3) is 3.73. The molecule has 1 atom stereocenters. The van der Waals surface area contributed by atoms with Crippen LogP contribution in [0.5, 0.6) is 0 Å². The number of hydrogen-bond acceptors (Lipinski definition) is 4. The monoisotopic (exact) mass is 456 g/mol. The Hall–Kier alpha value is -2.48. The minimum absolute atomic E-state index is 0.152. The van der Waals surface area contributed by atoms with Crippen LogP contribution in [0.4, 0.5) is 0 Å². The van der Waals surface area contributed by atoms with Gasteiger partial charge in [-0.2, -0.15) is 5.06 Å². The zero-order chi connectivity index (χ0) is 19.7. The van der Waals surface area contributed by atoms with E-state index in [2.05, 4.69) is 28.1 Å². The second-order valence-electron chi connectivity index (χ2n) is 6.57. The van der Waals surface area contributed by atoms with Crippen molar-refractivity contribution in [2.45, 2.75) is 12.6 Å². The van der Waals surface area contributed by atoms with Crippen LogP contribution in [0.25, 0.3) is 0 Å². The van der Waals surface area contributed by atoms with Gasteiger partial charge >= 0.3 is 0 Å². The highest BCUT2D eigenvalue weighted by Crippen LogP contribution is 2.35. The molecule has 0 spiro atoms. The van der Waals surface area contributed by atoms with Crippen molar-refractivity contribution in [3.05, 3.63) is 92.1 Å². The second-order valence-corrected chi connectivity index (χ2v) is 8.43. The Morgan fingerprint density at radius 3 is 2.43 bits per heavy atom. The van der Waals surface area contributed by atoms with E-state index in [-0.39, 0.29) is 12.5 Å². The van der Waals surface area contributed by atoms with Crippen molar-refractivity contribution in [3.8, 4) is 0 Å². The van der Waals surface area contributed by atoms with Gasteiger partial charge in [-0.3, -0.25) is 14.8 Å². The molecule has 2 heterocycles. The first-order chi connectivity index (χ1) is 13.5. The summed E-state index contributed by atoms with van der Waals surface area (Å²) < 4.78 is 0.845. The molecule has 2 aromatic carbocycles. The van der Waals surface area contributed by atoms with Crippen molar-refractivity contribution >= 4 is 39.1 Å². The SMILES string of the molecule is O=C1CN(C(=O)c2ccc(Cc3ccccc3)cc2)C(c2cc(Br)cs2)N1O. The van der Waals surface area contributed by atoms with E-state index in [0.717, 1.165) is 16.5 Å². The fourth-order valence-corrected chi connectivity index (χ4v) is 4.80. The smallest absolute Gasteiger partial charge is 0.267 e. The molecule has 1 aliphatic rings. The molecule has 0 saturated carbocycles. The number of nitrogens with zero attached hydrogens (tertiary/aromatic N) is 2. The molecule has 28 heavy (non-hydrogen) atoms. The first-order valence-corrected chi connectivity index (χ1v) is 10.4. The van der Waals surface area contributed by atoms with Crippen LogP contribution in [-0.4, -0.2) is 33.5 Å². The Labute approximate surface area is 174 Å². The molecule has 0 radical (unpaired) electrons. The van der Waals surface area contributed by atoms with Crippen molar-refractivity contribution in [1.29, 1.82) is 0 Å². The molecule has 7 heteroatoms. The third-order valence-electron chi connectivity index (χ3n) is 4.64. The van der Waals surface area contributed by atoms with E-state index in [1.54, 1.807) is 18.2 Å². The summed E-state index contributed by atoms with van der Waals surface area (Å²) in [4.78, 5) is 27.2. The first kappa shape index (κ1) is 18.9. The summed E-state index contributed by atoms with van der Waals surface area (Å²) in [6.07, 6.45) is -0.0198. The highest BCUT2D eigenvalue weighted by Gasteiger charge is 2.42. The van der Waals surface area contributed by atoms with Gasteiger partial charge in [-0.25, -0.2) is 0 Å². The summed E-state index contributed by atoms with van der Waals surface area (Å²) in [6.45, 7) is -0.152. The summed E-state index contributed by atoms with van der Waals surface area (Å²) in [6, 6.07) is 19.3. The van der Waals surface area contributed by atoms with Gasteiger partial charge in [0.25, 0.3) is 11.8 Å². The quantitative estimate of drug-likeness (QED) is 0.588. The Morgan fingerprint density at radius 2 is 1.79 bits per heavy atom. The van der Waals surface area contributed by atoms with Gasteiger partial charge in [0.15, 0.2) is 6.17 Å². The lowest BCUT2D eigenvalue weighted by atomic mass is 10.0. The zero-order valence-corrected chi connectivity index (χ0v) is 17.2. The van der Waals surface area contributed by atoms with Crippen LogP contribution in [0.3, 0.4) is 0 Å². The van der Waals surface area contributed by atoms with E-state index in [0.29, 0.717) is 15.5 Å². The predicted octanol–water partition coefficient (Wildman–Crippen LogP) is 4.47. The number of halogens is 1. The van der Waals surface area contributed by atoms with Gasteiger partial charge in [0.1, 0.15) is 6.54 Å².